The molecule has 0 rings (SSSR count). The molecule has 0 saturated heterocycles. The van der Waals surface area contributed by atoms with Gasteiger partial charge >= 0.3 is 25.8 Å². The Morgan fingerprint density at radius 2 is 0.800 bits per heavy atom. The van der Waals surface area contributed by atoms with E-state index in [0.717, 1.165) is 0 Å². The molecule has 0 aliphatic rings. The number of rotatable bonds is 0. The second-order valence-corrected chi connectivity index (χ2v) is 0. The van der Waals surface area contributed by atoms with E-state index in [-0.39, 0.29) is 96.5 Å². The minimum absolute atomic E-state index is 0. The first-order chi connectivity index (χ1) is 0. The number of hydrogen-bond donors (Lipinski definition) is 0. The molecule has 0 aromatic rings. The second kappa shape index (κ2) is 27.7. The van der Waals surface area contributed by atoms with Crippen LogP contribution in [-0.4, -0.2) is 60.0 Å². The first-order valence-corrected chi connectivity index (χ1v) is 0. The van der Waals surface area contributed by atoms with Crippen molar-refractivity contribution in [2.24, 2.45) is 0 Å². The Morgan fingerprint density at radius 3 is 0.800 bits per heavy atom. The van der Waals surface area contributed by atoms with Crippen LogP contribution in [0.5, 0.6) is 0 Å². The van der Waals surface area contributed by atoms with Gasteiger partial charge in [-0.3, -0.25) is 0 Å². The van der Waals surface area contributed by atoms with Gasteiger partial charge in [0.2, 0.25) is 0 Å². The summed E-state index contributed by atoms with van der Waals surface area (Å²) < 4.78 is 0. The van der Waals surface area contributed by atoms with Crippen LogP contribution in [0.1, 0.15) is 0 Å². The van der Waals surface area contributed by atoms with Gasteiger partial charge in [-0.2, -0.15) is 0 Å². The molecular formula is H3CuInSe2Zn. The van der Waals surface area contributed by atoms with Crippen molar-refractivity contribution >= 4 is 60.0 Å². The Morgan fingerprint density at radius 1 is 0.800 bits per heavy atom. The molecule has 5 heteroatoms. The Balaban J connectivity index is 0. The van der Waals surface area contributed by atoms with E-state index < -0.39 is 0 Å². The van der Waals surface area contributed by atoms with Gasteiger partial charge in [0.15, 0.2) is 0 Å². The molecule has 0 aliphatic heterocycles. The molecular weight excluding hydrogens is 402 g/mol. The van der Waals surface area contributed by atoms with Gasteiger partial charge < -0.3 is 0 Å². The van der Waals surface area contributed by atoms with E-state index in [4.69, 9.17) is 0 Å². The molecule has 0 saturated carbocycles. The van der Waals surface area contributed by atoms with E-state index >= 15 is 0 Å². The average molecular weight is 405 g/mol. The molecule has 0 unspecified atom stereocenters. The summed E-state index contributed by atoms with van der Waals surface area (Å²) >= 11 is 0. The first kappa shape index (κ1) is 43.0. The van der Waals surface area contributed by atoms with Crippen molar-refractivity contribution in [3.8, 4) is 0 Å². The monoisotopic (exact) mass is 405 g/mol. The van der Waals surface area contributed by atoms with Gasteiger partial charge in [0.25, 0.3) is 0 Å². The Bertz CT molecular complexity index is 9.61. The van der Waals surface area contributed by atoms with E-state index in [2.05, 4.69) is 0 Å². The smallest absolute Gasteiger partial charge is 0 e. The first-order valence-electron chi connectivity index (χ1n) is 0. The van der Waals surface area contributed by atoms with Crippen molar-refractivity contribution in [3.05, 3.63) is 0 Å². The third kappa shape index (κ3) is 19.3. The average Bonchev–Trinajstić information content (AvgIpc) is 0. The largest absolute Gasteiger partial charge is 0 e. The molecule has 0 aromatic heterocycles. The summed E-state index contributed by atoms with van der Waals surface area (Å²) in [4.78, 5) is 0. The SMILES string of the molecule is [Cu].[InH3].[Se].[Se].[Zn]. The van der Waals surface area contributed by atoms with E-state index in [1.807, 2.05) is 0 Å². The molecule has 5 radical (unpaired) electrons. The fourth-order valence-electron chi connectivity index (χ4n) is 0. The van der Waals surface area contributed by atoms with Crippen LogP contribution in [0.15, 0.2) is 0 Å². The van der Waals surface area contributed by atoms with Crippen LogP contribution in [0.2, 0.25) is 0 Å². The van der Waals surface area contributed by atoms with Crippen molar-refractivity contribution < 1.29 is 36.5 Å². The summed E-state index contributed by atoms with van der Waals surface area (Å²) in [5.74, 6) is 0. The normalized spacial score (nSPS) is 0. The summed E-state index contributed by atoms with van der Waals surface area (Å²) in [5, 5.41) is 0. The fourth-order valence-corrected chi connectivity index (χ4v) is 0. The van der Waals surface area contributed by atoms with Gasteiger partial charge in [-0.05, 0) is 0 Å². The minimum Gasteiger partial charge on any atom is 0 e. The zero-order chi connectivity index (χ0) is 0. The van der Waals surface area contributed by atoms with Crippen molar-refractivity contribution in [3.63, 3.8) is 0 Å². The molecule has 5 heavy (non-hydrogen) atoms. The molecule has 0 nitrogen and oxygen atoms in total. The summed E-state index contributed by atoms with van der Waals surface area (Å²) in [6.07, 6.45) is 0. The molecule has 0 spiro atoms. The third-order valence-electron chi connectivity index (χ3n) is 0. The van der Waals surface area contributed by atoms with Crippen LogP contribution in [0, 0.1) is 0 Å². The second-order valence-electron chi connectivity index (χ2n) is 0. The molecule has 0 atom stereocenters. The molecule has 0 heterocycles. The van der Waals surface area contributed by atoms with Crippen molar-refractivity contribution in [1.29, 1.82) is 0 Å². The van der Waals surface area contributed by atoms with Gasteiger partial charge in [-0.1, -0.05) is 0 Å². The van der Waals surface area contributed by atoms with Crippen LogP contribution in [0.25, 0.3) is 0 Å². The Labute approximate surface area is 94.9 Å². The van der Waals surface area contributed by atoms with Gasteiger partial charge in [0, 0.05) is 70.7 Å². The third-order valence-corrected chi connectivity index (χ3v) is 0. The molecule has 0 bridgehead atoms. The summed E-state index contributed by atoms with van der Waals surface area (Å²) in [5.41, 5.74) is 0. The van der Waals surface area contributed by atoms with Crippen molar-refractivity contribution in [2.75, 3.05) is 0 Å². The maximum absolute atomic E-state index is 0. The van der Waals surface area contributed by atoms with Gasteiger partial charge in [0.1, 0.15) is 0 Å². The zero-order valence-electron chi connectivity index (χ0n) is 1.83. The van der Waals surface area contributed by atoms with Crippen molar-refractivity contribution in [1.82, 2.24) is 0 Å². The predicted molar refractivity (Wildman–Crippen MR) is 21.4 cm³/mol. The standard InChI is InChI=1S/Cu.In.2Se.Zn.3H. The Hall–Kier alpha value is 3.05. The molecule has 0 aliphatic carbocycles. The minimum atomic E-state index is 0. The summed E-state index contributed by atoms with van der Waals surface area (Å²) in [7, 11) is 0. The molecule has 0 amide bonds. The maximum atomic E-state index is 0. The zero-order valence-corrected chi connectivity index (χ0v) is 9.16. The maximum Gasteiger partial charge on any atom is 0 e. The molecule has 0 N–H and O–H groups in total. The predicted octanol–water partition coefficient (Wildman–Crippen LogP) is -1.95. The van der Waals surface area contributed by atoms with Crippen molar-refractivity contribution in [2.45, 2.75) is 0 Å². The van der Waals surface area contributed by atoms with Gasteiger partial charge in [-0.25, -0.2) is 0 Å². The van der Waals surface area contributed by atoms with E-state index in [1.165, 1.54) is 0 Å². The van der Waals surface area contributed by atoms with E-state index in [1.54, 1.807) is 0 Å². The summed E-state index contributed by atoms with van der Waals surface area (Å²) in [6.45, 7) is 0. The quantitative estimate of drug-likeness (QED) is 0.412. The fraction of sp³-hybridized carbons (Fsp3) is 0. The Kier molecular flexibility index (Phi) is 238. The molecule has 0 aromatic carbocycles. The topological polar surface area (TPSA) is 0 Å². The molecule has 31 valence electrons. The number of hydrogen-bond acceptors (Lipinski definition) is 0. The van der Waals surface area contributed by atoms with E-state index in [0.29, 0.717) is 0 Å². The van der Waals surface area contributed by atoms with Crippen LogP contribution in [0.3, 0.4) is 0 Å². The molecule has 0 fully saturated rings. The van der Waals surface area contributed by atoms with Crippen LogP contribution in [0.4, 0.5) is 0 Å². The summed E-state index contributed by atoms with van der Waals surface area (Å²) in [6, 6.07) is 0. The van der Waals surface area contributed by atoms with E-state index in [9.17, 15) is 0 Å². The van der Waals surface area contributed by atoms with Gasteiger partial charge in [0.05, 0.1) is 0 Å². The van der Waals surface area contributed by atoms with Crippen LogP contribution >= 0.6 is 0 Å². The van der Waals surface area contributed by atoms with Gasteiger partial charge in [-0.15, -0.1) is 0 Å². The van der Waals surface area contributed by atoms with Crippen LogP contribution < -0.4 is 0 Å². The van der Waals surface area contributed by atoms with Crippen LogP contribution in [-0.2, 0) is 36.5 Å².